The Morgan fingerprint density at radius 3 is 2.58 bits per heavy atom. The molecule has 1 aliphatic rings. The van der Waals surface area contributed by atoms with Gasteiger partial charge in [0.2, 0.25) is 0 Å². The average molecular weight is 490 g/mol. The van der Waals surface area contributed by atoms with Gasteiger partial charge in [-0.25, -0.2) is 5.26 Å². The van der Waals surface area contributed by atoms with Gasteiger partial charge in [0.25, 0.3) is 10.1 Å². The number of rotatable bonds is 11. The molecule has 0 saturated heterocycles. The molecule has 0 atom stereocenters. The monoisotopic (exact) mass is 489 g/mol. The van der Waals surface area contributed by atoms with Crippen molar-refractivity contribution in [2.24, 2.45) is 0 Å². The summed E-state index contributed by atoms with van der Waals surface area (Å²) in [7, 11) is -4.02. The van der Waals surface area contributed by atoms with Gasteiger partial charge in [-0.1, -0.05) is 55.3 Å². The third kappa shape index (κ3) is 6.80. The Labute approximate surface area is 198 Å². The molecule has 0 aliphatic heterocycles. The summed E-state index contributed by atoms with van der Waals surface area (Å²) in [5.41, 5.74) is 4.82. The van der Waals surface area contributed by atoms with Crippen LogP contribution in [0.1, 0.15) is 37.8 Å². The Hall–Kier alpha value is -2.40. The highest BCUT2D eigenvalue weighted by Crippen LogP contribution is 2.49. The molecule has 1 aliphatic carbocycles. The smallest absolute Gasteiger partial charge is 0.264 e. The quantitative estimate of drug-likeness (QED) is 0.116. The minimum Gasteiger partial charge on any atom is -0.362 e. The molecule has 0 amide bonds. The second kappa shape index (κ2) is 11.1. The highest BCUT2D eigenvalue weighted by molar-refractivity contribution is 7.94. The number of allylic oxidation sites excluding steroid dienone is 5. The third-order valence-electron chi connectivity index (χ3n) is 5.47. The van der Waals surface area contributed by atoms with Crippen molar-refractivity contribution < 1.29 is 27.6 Å². The fourth-order valence-electron chi connectivity index (χ4n) is 3.97. The van der Waals surface area contributed by atoms with Crippen molar-refractivity contribution in [3.63, 3.8) is 0 Å². The number of benzene rings is 2. The van der Waals surface area contributed by atoms with Crippen LogP contribution in [0.3, 0.4) is 0 Å². The van der Waals surface area contributed by atoms with Gasteiger partial charge >= 0.3 is 0 Å². The SMILES string of the molecule is CC1(C)C(/C=C/C=C/Nc2ccccc2)=C(CCCS(=O)(=O)O)c2ccc(SOOO)cc21. The summed E-state index contributed by atoms with van der Waals surface area (Å²) in [6, 6.07) is 15.6. The normalized spacial score (nSPS) is 15.5. The Morgan fingerprint density at radius 1 is 1.12 bits per heavy atom. The molecule has 0 radical (unpaired) electrons. The zero-order valence-corrected chi connectivity index (χ0v) is 20.0. The van der Waals surface area contributed by atoms with E-state index in [0.29, 0.717) is 12.8 Å². The van der Waals surface area contributed by atoms with Crippen LogP contribution in [0.15, 0.2) is 83.4 Å². The van der Waals surface area contributed by atoms with E-state index in [0.717, 1.165) is 44.9 Å². The summed E-state index contributed by atoms with van der Waals surface area (Å²) in [4.78, 5) is 0.755. The van der Waals surface area contributed by atoms with E-state index >= 15 is 0 Å². The summed E-state index contributed by atoms with van der Waals surface area (Å²) in [5, 5.41) is 15.3. The van der Waals surface area contributed by atoms with Gasteiger partial charge in [0.1, 0.15) is 0 Å². The Bertz CT molecular complexity index is 1150. The first-order valence-corrected chi connectivity index (χ1v) is 12.7. The van der Waals surface area contributed by atoms with E-state index in [4.69, 9.17) is 9.81 Å². The number of anilines is 1. The first-order chi connectivity index (χ1) is 15.7. The van der Waals surface area contributed by atoms with Crippen molar-refractivity contribution in [1.82, 2.24) is 0 Å². The van der Waals surface area contributed by atoms with Crippen LogP contribution in [0.4, 0.5) is 5.69 Å². The van der Waals surface area contributed by atoms with E-state index in [1.807, 2.05) is 73.0 Å². The molecule has 176 valence electrons. The second-order valence-corrected chi connectivity index (χ2v) is 10.4. The molecule has 0 unspecified atom stereocenters. The minimum atomic E-state index is -4.02. The lowest BCUT2D eigenvalue weighted by Crippen LogP contribution is -2.16. The number of nitrogens with one attached hydrogen (secondary N) is 1. The summed E-state index contributed by atoms with van der Waals surface area (Å²) < 4.78 is 36.2. The highest BCUT2D eigenvalue weighted by Gasteiger charge is 2.36. The summed E-state index contributed by atoms with van der Waals surface area (Å²) in [6.07, 6.45) is 8.55. The van der Waals surface area contributed by atoms with Crippen LogP contribution in [-0.4, -0.2) is 24.0 Å². The second-order valence-electron chi connectivity index (χ2n) is 8.07. The molecule has 0 aromatic heterocycles. The zero-order chi connectivity index (χ0) is 23.9. The van der Waals surface area contributed by atoms with Gasteiger partial charge in [-0.05, 0) is 65.5 Å². The molecule has 0 bridgehead atoms. The summed E-state index contributed by atoms with van der Waals surface area (Å²) in [6.45, 7) is 4.20. The van der Waals surface area contributed by atoms with E-state index in [9.17, 15) is 8.42 Å². The van der Waals surface area contributed by atoms with Gasteiger partial charge in [0.15, 0.2) is 0 Å². The van der Waals surface area contributed by atoms with Gasteiger partial charge in [0.05, 0.1) is 17.8 Å². The van der Waals surface area contributed by atoms with Crippen LogP contribution in [-0.2, 0) is 24.9 Å². The van der Waals surface area contributed by atoms with Gasteiger partial charge in [0, 0.05) is 22.2 Å². The number of hydrogen-bond acceptors (Lipinski definition) is 7. The van der Waals surface area contributed by atoms with Crippen LogP contribution in [0, 0.1) is 0 Å². The molecular weight excluding hydrogens is 462 g/mol. The van der Waals surface area contributed by atoms with E-state index in [1.54, 1.807) is 0 Å². The number of hydrogen-bond donors (Lipinski definition) is 3. The van der Waals surface area contributed by atoms with Crippen molar-refractivity contribution in [1.29, 1.82) is 0 Å². The molecule has 2 aromatic carbocycles. The maximum absolute atomic E-state index is 11.2. The zero-order valence-electron chi connectivity index (χ0n) is 18.4. The summed E-state index contributed by atoms with van der Waals surface area (Å²) >= 11 is 0.893. The third-order valence-corrected chi connectivity index (χ3v) is 6.85. The topological polar surface area (TPSA) is 105 Å². The van der Waals surface area contributed by atoms with Crippen molar-refractivity contribution in [2.45, 2.75) is 37.0 Å². The van der Waals surface area contributed by atoms with Crippen LogP contribution < -0.4 is 5.32 Å². The lowest BCUT2D eigenvalue weighted by atomic mass is 9.81. The molecule has 3 N–H and O–H groups in total. The molecule has 33 heavy (non-hydrogen) atoms. The maximum atomic E-state index is 11.2. The minimum absolute atomic E-state index is 0.292. The first-order valence-electron chi connectivity index (χ1n) is 10.4. The molecular formula is C24H27NO6S2. The van der Waals surface area contributed by atoms with Gasteiger partial charge in [-0.15, -0.1) is 4.33 Å². The fourth-order valence-corrected chi connectivity index (χ4v) is 4.88. The predicted molar refractivity (Wildman–Crippen MR) is 131 cm³/mol. The molecule has 0 spiro atoms. The Kier molecular flexibility index (Phi) is 8.52. The van der Waals surface area contributed by atoms with Gasteiger partial charge < -0.3 is 5.32 Å². The van der Waals surface area contributed by atoms with Crippen LogP contribution >= 0.6 is 12.0 Å². The molecule has 9 heteroatoms. The van der Waals surface area contributed by atoms with Gasteiger partial charge in [-0.3, -0.25) is 4.55 Å². The average Bonchev–Trinajstić information content (AvgIpc) is 2.98. The van der Waals surface area contributed by atoms with Gasteiger partial charge in [-0.2, -0.15) is 8.42 Å². The Morgan fingerprint density at radius 2 is 1.88 bits per heavy atom. The maximum Gasteiger partial charge on any atom is 0.264 e. The van der Waals surface area contributed by atoms with Crippen LogP contribution in [0.5, 0.6) is 0 Å². The molecule has 0 heterocycles. The number of para-hydroxylation sites is 1. The van der Waals surface area contributed by atoms with Crippen LogP contribution in [0.25, 0.3) is 5.57 Å². The predicted octanol–water partition coefficient (Wildman–Crippen LogP) is 6.01. The molecule has 0 saturated carbocycles. The van der Waals surface area contributed by atoms with E-state index in [1.165, 1.54) is 0 Å². The van der Waals surface area contributed by atoms with E-state index < -0.39 is 10.1 Å². The van der Waals surface area contributed by atoms with Crippen LogP contribution in [0.2, 0.25) is 0 Å². The molecule has 7 nitrogen and oxygen atoms in total. The molecule has 0 fully saturated rings. The highest BCUT2D eigenvalue weighted by atomic mass is 32.2. The Balaban J connectivity index is 1.86. The van der Waals surface area contributed by atoms with E-state index in [2.05, 4.69) is 28.5 Å². The van der Waals surface area contributed by atoms with E-state index in [-0.39, 0.29) is 11.2 Å². The molecule has 2 aromatic rings. The van der Waals surface area contributed by atoms with Crippen molar-refractivity contribution in [3.05, 3.63) is 89.7 Å². The lowest BCUT2D eigenvalue weighted by molar-refractivity contribution is -0.432. The first kappa shape index (κ1) is 25.2. The fraction of sp³-hybridized carbons (Fsp3) is 0.250. The standard InChI is InChI=1S/C24H27NO6S2/c1-24(2)22(12-6-7-15-25-18-9-4-3-5-10-18)20(11-8-16-33(27,28)29)21-14-13-19(17-23(21)24)32-31-30-26/h3-7,9-10,12-15,17,25-26H,8,11,16H2,1-2H3,(H,27,28,29)/b12-6+,15-7+. The lowest BCUT2D eigenvalue weighted by Gasteiger charge is -2.23. The van der Waals surface area contributed by atoms with Crippen molar-refractivity contribution in [3.8, 4) is 0 Å². The summed E-state index contributed by atoms with van der Waals surface area (Å²) in [5.74, 6) is -0.292. The molecule has 3 rings (SSSR count). The largest absolute Gasteiger partial charge is 0.362 e. The number of fused-ring (bicyclic) bond motifs is 1. The van der Waals surface area contributed by atoms with Crippen molar-refractivity contribution >= 4 is 33.4 Å². The van der Waals surface area contributed by atoms with Crippen molar-refractivity contribution in [2.75, 3.05) is 11.1 Å².